The predicted molar refractivity (Wildman–Crippen MR) is 72.5 cm³/mol. The van der Waals surface area contributed by atoms with E-state index in [9.17, 15) is 4.79 Å². The second-order valence-corrected chi connectivity index (χ2v) is 4.01. The first-order chi connectivity index (χ1) is 9.27. The highest BCUT2D eigenvalue weighted by atomic mass is 16.6. The molecule has 0 heterocycles. The van der Waals surface area contributed by atoms with Crippen LogP contribution in [0.15, 0.2) is 0 Å². The highest BCUT2D eigenvalue weighted by Gasteiger charge is 1.94. The zero-order chi connectivity index (χ0) is 14.2. The van der Waals surface area contributed by atoms with Crippen molar-refractivity contribution in [2.45, 2.75) is 13.3 Å². The Hall–Kier alpha value is -0.530. The molecule has 0 bridgehead atoms. The first-order valence-electron chi connectivity index (χ1n) is 6.72. The number of hydrogen-bond acceptors (Lipinski definition) is 6. The van der Waals surface area contributed by atoms with E-state index in [1.54, 1.807) is 6.92 Å². The smallest absolute Gasteiger partial charge is 0.132 e. The zero-order valence-electron chi connectivity index (χ0n) is 12.1. The van der Waals surface area contributed by atoms with Gasteiger partial charge in [0.1, 0.15) is 5.78 Å². The van der Waals surface area contributed by atoms with Gasteiger partial charge in [-0.15, -0.1) is 0 Å². The average molecular weight is 277 g/mol. The van der Waals surface area contributed by atoms with Crippen LogP contribution < -0.4 is 5.32 Å². The van der Waals surface area contributed by atoms with E-state index in [0.29, 0.717) is 59.3 Å². The van der Waals surface area contributed by atoms with E-state index in [4.69, 9.17) is 18.9 Å². The van der Waals surface area contributed by atoms with Crippen molar-refractivity contribution >= 4 is 5.78 Å². The van der Waals surface area contributed by atoms with E-state index in [2.05, 4.69) is 5.32 Å². The van der Waals surface area contributed by atoms with Crippen molar-refractivity contribution in [3.05, 3.63) is 0 Å². The van der Waals surface area contributed by atoms with E-state index >= 15 is 0 Å². The Morgan fingerprint density at radius 2 is 1.21 bits per heavy atom. The minimum atomic E-state index is 0.145. The zero-order valence-corrected chi connectivity index (χ0v) is 12.1. The van der Waals surface area contributed by atoms with Gasteiger partial charge < -0.3 is 24.3 Å². The molecule has 0 aromatic heterocycles. The predicted octanol–water partition coefficient (Wildman–Crippen LogP) is 0.251. The molecular weight excluding hydrogens is 250 g/mol. The molecule has 0 unspecified atom stereocenters. The molecule has 0 aliphatic heterocycles. The van der Waals surface area contributed by atoms with E-state index in [-0.39, 0.29) is 5.78 Å². The van der Waals surface area contributed by atoms with Crippen molar-refractivity contribution in [2.24, 2.45) is 0 Å². The largest absolute Gasteiger partial charge is 0.379 e. The molecule has 6 heteroatoms. The lowest BCUT2D eigenvalue weighted by atomic mass is 10.3. The number of rotatable bonds is 15. The van der Waals surface area contributed by atoms with Gasteiger partial charge in [0.15, 0.2) is 0 Å². The molecular formula is C13H27NO5. The summed E-state index contributed by atoms with van der Waals surface area (Å²) in [6.45, 7) is 6.92. The number of likely N-dealkylation sites (N-methyl/N-ethyl adjacent to an activating group) is 1. The van der Waals surface area contributed by atoms with Crippen molar-refractivity contribution in [1.29, 1.82) is 0 Å². The summed E-state index contributed by atoms with van der Waals surface area (Å²) < 4.78 is 21.1. The molecule has 0 radical (unpaired) electrons. The Morgan fingerprint density at radius 3 is 1.63 bits per heavy atom. The van der Waals surface area contributed by atoms with Crippen LogP contribution in [0.2, 0.25) is 0 Å². The molecule has 0 aliphatic rings. The van der Waals surface area contributed by atoms with Gasteiger partial charge in [-0.1, -0.05) is 0 Å². The summed E-state index contributed by atoms with van der Waals surface area (Å²) in [7, 11) is 1.89. The molecule has 0 amide bonds. The Kier molecular flexibility index (Phi) is 15.1. The summed E-state index contributed by atoms with van der Waals surface area (Å²) in [6, 6.07) is 0. The fraction of sp³-hybridized carbons (Fsp3) is 0.923. The summed E-state index contributed by atoms with van der Waals surface area (Å²) in [5, 5.41) is 3.00. The SMILES string of the molecule is CNCCOCCOCCOCCOCCC(C)=O. The fourth-order valence-electron chi connectivity index (χ4n) is 1.15. The summed E-state index contributed by atoms with van der Waals surface area (Å²) in [5.74, 6) is 0.145. The molecule has 19 heavy (non-hydrogen) atoms. The third kappa shape index (κ3) is 17.5. The van der Waals surface area contributed by atoms with Crippen LogP contribution in [0.1, 0.15) is 13.3 Å². The lowest BCUT2D eigenvalue weighted by Crippen LogP contribution is -2.17. The number of ketones is 1. The van der Waals surface area contributed by atoms with E-state index in [1.165, 1.54) is 0 Å². The van der Waals surface area contributed by atoms with Gasteiger partial charge in [-0.25, -0.2) is 0 Å². The highest BCUT2D eigenvalue weighted by molar-refractivity contribution is 5.75. The van der Waals surface area contributed by atoms with Gasteiger partial charge in [0.05, 0.1) is 52.9 Å². The number of hydrogen-bond donors (Lipinski definition) is 1. The molecule has 0 saturated heterocycles. The van der Waals surface area contributed by atoms with Crippen LogP contribution in [0.25, 0.3) is 0 Å². The molecule has 114 valence electrons. The average Bonchev–Trinajstić information content (AvgIpc) is 2.39. The maximum atomic E-state index is 10.6. The minimum Gasteiger partial charge on any atom is -0.379 e. The van der Waals surface area contributed by atoms with E-state index < -0.39 is 0 Å². The monoisotopic (exact) mass is 277 g/mol. The topological polar surface area (TPSA) is 66.0 Å². The van der Waals surface area contributed by atoms with Gasteiger partial charge >= 0.3 is 0 Å². The standard InChI is InChI=1S/C13H27NO5/c1-13(15)3-5-16-7-9-18-11-12-19-10-8-17-6-4-14-2/h14H,3-12H2,1-2H3. The van der Waals surface area contributed by atoms with Crippen LogP contribution in [-0.4, -0.2) is 72.2 Å². The van der Waals surface area contributed by atoms with Crippen molar-refractivity contribution < 1.29 is 23.7 Å². The first kappa shape index (κ1) is 18.5. The van der Waals surface area contributed by atoms with Crippen LogP contribution in [0.5, 0.6) is 0 Å². The Balaban J connectivity index is 2.93. The Bertz CT molecular complexity index is 201. The van der Waals surface area contributed by atoms with Crippen molar-refractivity contribution in [3.8, 4) is 0 Å². The van der Waals surface area contributed by atoms with Gasteiger partial charge in [0.25, 0.3) is 0 Å². The molecule has 0 aromatic carbocycles. The number of Topliss-reactive ketones (excluding diaryl/α,β-unsaturated/α-hetero) is 1. The number of nitrogens with one attached hydrogen (secondary N) is 1. The van der Waals surface area contributed by atoms with Gasteiger partial charge in [0, 0.05) is 13.0 Å². The van der Waals surface area contributed by atoms with Crippen LogP contribution >= 0.6 is 0 Å². The number of carbonyl (C=O) groups is 1. The van der Waals surface area contributed by atoms with Crippen LogP contribution in [0, 0.1) is 0 Å². The van der Waals surface area contributed by atoms with Crippen LogP contribution in [0.3, 0.4) is 0 Å². The summed E-state index contributed by atoms with van der Waals surface area (Å²) in [6.07, 6.45) is 0.469. The molecule has 0 spiro atoms. The van der Waals surface area contributed by atoms with Crippen LogP contribution in [-0.2, 0) is 23.7 Å². The van der Waals surface area contributed by atoms with Crippen LogP contribution in [0.4, 0.5) is 0 Å². The van der Waals surface area contributed by atoms with Gasteiger partial charge in [-0.05, 0) is 14.0 Å². The van der Waals surface area contributed by atoms with Crippen molar-refractivity contribution in [3.63, 3.8) is 0 Å². The molecule has 0 aliphatic carbocycles. The molecule has 6 nitrogen and oxygen atoms in total. The third-order valence-corrected chi connectivity index (χ3v) is 2.21. The lowest BCUT2D eigenvalue weighted by molar-refractivity contribution is -0.118. The van der Waals surface area contributed by atoms with Gasteiger partial charge in [-0.3, -0.25) is 4.79 Å². The molecule has 0 atom stereocenters. The Morgan fingerprint density at radius 1 is 0.789 bits per heavy atom. The molecule has 1 N–H and O–H groups in total. The second-order valence-electron chi connectivity index (χ2n) is 4.01. The molecule has 0 rings (SSSR count). The van der Waals surface area contributed by atoms with E-state index in [0.717, 1.165) is 6.54 Å². The summed E-state index contributed by atoms with van der Waals surface area (Å²) in [5.41, 5.74) is 0. The Labute approximate surface area is 115 Å². The molecule has 0 aromatic rings. The number of carbonyl (C=O) groups excluding carboxylic acids is 1. The molecule has 0 fully saturated rings. The van der Waals surface area contributed by atoms with Crippen molar-refractivity contribution in [2.75, 3.05) is 66.4 Å². The highest BCUT2D eigenvalue weighted by Crippen LogP contribution is 1.86. The maximum Gasteiger partial charge on any atom is 0.132 e. The minimum absolute atomic E-state index is 0.145. The van der Waals surface area contributed by atoms with Crippen molar-refractivity contribution in [1.82, 2.24) is 5.32 Å². The second kappa shape index (κ2) is 15.5. The number of ether oxygens (including phenoxy) is 4. The van der Waals surface area contributed by atoms with Gasteiger partial charge in [-0.2, -0.15) is 0 Å². The molecule has 0 saturated carbocycles. The quantitative estimate of drug-likeness (QED) is 0.433. The summed E-state index contributed by atoms with van der Waals surface area (Å²) in [4.78, 5) is 10.6. The fourth-order valence-corrected chi connectivity index (χ4v) is 1.15. The lowest BCUT2D eigenvalue weighted by Gasteiger charge is -2.07. The summed E-state index contributed by atoms with van der Waals surface area (Å²) >= 11 is 0. The third-order valence-electron chi connectivity index (χ3n) is 2.21. The maximum absolute atomic E-state index is 10.6. The first-order valence-corrected chi connectivity index (χ1v) is 6.72. The van der Waals surface area contributed by atoms with Gasteiger partial charge in [0.2, 0.25) is 0 Å². The normalized spacial score (nSPS) is 10.8. The van der Waals surface area contributed by atoms with E-state index in [1.807, 2.05) is 7.05 Å².